The SMILES string of the molecule is CCCCOc1ccc(C2c3c(oc4ccc(F)cc4c3=O)C(=O)N2CCN(C)C)cc1OCC. The summed E-state index contributed by atoms with van der Waals surface area (Å²) in [4.78, 5) is 30.6. The van der Waals surface area contributed by atoms with Crippen LogP contribution in [0.15, 0.2) is 45.6 Å². The summed E-state index contributed by atoms with van der Waals surface area (Å²) in [5.41, 5.74) is 0.693. The van der Waals surface area contributed by atoms with Crippen molar-refractivity contribution in [1.29, 1.82) is 0 Å². The zero-order valence-electron chi connectivity index (χ0n) is 20.6. The Morgan fingerprint density at radius 1 is 1.06 bits per heavy atom. The van der Waals surface area contributed by atoms with Gasteiger partial charge in [-0.25, -0.2) is 4.39 Å². The van der Waals surface area contributed by atoms with E-state index in [9.17, 15) is 14.0 Å². The van der Waals surface area contributed by atoms with Gasteiger partial charge < -0.3 is 23.7 Å². The number of hydrogen-bond donors (Lipinski definition) is 0. The minimum absolute atomic E-state index is 0.000837. The van der Waals surface area contributed by atoms with Gasteiger partial charge >= 0.3 is 0 Å². The van der Waals surface area contributed by atoms with E-state index in [1.807, 2.05) is 44.1 Å². The van der Waals surface area contributed by atoms with Crippen molar-refractivity contribution in [3.05, 3.63) is 69.3 Å². The minimum Gasteiger partial charge on any atom is -0.490 e. The summed E-state index contributed by atoms with van der Waals surface area (Å²) in [5, 5.41) is 0.112. The molecule has 0 spiro atoms. The summed E-state index contributed by atoms with van der Waals surface area (Å²) in [6, 6.07) is 8.53. The Kier molecular flexibility index (Phi) is 7.40. The number of ether oxygens (including phenoxy) is 2. The molecule has 1 amide bonds. The van der Waals surface area contributed by atoms with Crippen molar-refractivity contribution in [2.75, 3.05) is 40.4 Å². The van der Waals surface area contributed by atoms with Crippen LogP contribution in [0.5, 0.6) is 11.5 Å². The third kappa shape index (κ3) is 4.89. The normalized spacial score (nSPS) is 15.2. The van der Waals surface area contributed by atoms with Crippen LogP contribution in [-0.4, -0.2) is 56.1 Å². The van der Waals surface area contributed by atoms with Crippen molar-refractivity contribution >= 4 is 16.9 Å². The van der Waals surface area contributed by atoms with E-state index in [4.69, 9.17) is 13.9 Å². The lowest BCUT2D eigenvalue weighted by Crippen LogP contribution is -2.35. The van der Waals surface area contributed by atoms with Crippen molar-refractivity contribution < 1.29 is 23.1 Å². The molecule has 0 saturated heterocycles. The van der Waals surface area contributed by atoms with Crippen LogP contribution in [0.25, 0.3) is 11.0 Å². The molecule has 1 unspecified atom stereocenters. The molecule has 35 heavy (non-hydrogen) atoms. The smallest absolute Gasteiger partial charge is 0.290 e. The minimum atomic E-state index is -0.690. The second-order valence-corrected chi connectivity index (χ2v) is 8.86. The van der Waals surface area contributed by atoms with Crippen LogP contribution in [0.3, 0.4) is 0 Å². The highest BCUT2D eigenvalue weighted by Crippen LogP contribution is 2.41. The summed E-state index contributed by atoms with van der Waals surface area (Å²) < 4.78 is 31.6. The average Bonchev–Trinajstić information content (AvgIpc) is 3.11. The van der Waals surface area contributed by atoms with Gasteiger partial charge in [-0.1, -0.05) is 19.4 Å². The molecular weight excluding hydrogens is 451 g/mol. The number of rotatable bonds is 10. The van der Waals surface area contributed by atoms with Crippen LogP contribution < -0.4 is 14.9 Å². The van der Waals surface area contributed by atoms with Crippen molar-refractivity contribution in [2.45, 2.75) is 32.7 Å². The monoisotopic (exact) mass is 482 g/mol. The highest BCUT2D eigenvalue weighted by molar-refractivity contribution is 5.99. The third-order valence-electron chi connectivity index (χ3n) is 6.05. The van der Waals surface area contributed by atoms with Crippen LogP contribution in [0.4, 0.5) is 4.39 Å². The number of fused-ring (bicyclic) bond motifs is 2. The van der Waals surface area contributed by atoms with Crippen LogP contribution in [0.1, 0.15) is 54.4 Å². The molecule has 0 radical (unpaired) electrons. The topological polar surface area (TPSA) is 72.2 Å². The quantitative estimate of drug-likeness (QED) is 0.393. The fourth-order valence-corrected chi connectivity index (χ4v) is 4.29. The summed E-state index contributed by atoms with van der Waals surface area (Å²) in [6.07, 6.45) is 1.93. The van der Waals surface area contributed by atoms with E-state index < -0.39 is 17.3 Å². The van der Waals surface area contributed by atoms with Gasteiger partial charge in [0.15, 0.2) is 16.9 Å². The first-order valence-corrected chi connectivity index (χ1v) is 12.0. The number of carbonyl (C=O) groups excluding carboxylic acids is 1. The second-order valence-electron chi connectivity index (χ2n) is 8.86. The Morgan fingerprint density at radius 2 is 1.86 bits per heavy atom. The molecule has 1 aliphatic heterocycles. The highest BCUT2D eigenvalue weighted by atomic mass is 19.1. The summed E-state index contributed by atoms with van der Waals surface area (Å²) in [5.74, 6) is 0.254. The largest absolute Gasteiger partial charge is 0.490 e. The molecule has 2 heterocycles. The van der Waals surface area contributed by atoms with E-state index in [1.54, 1.807) is 4.90 Å². The van der Waals surface area contributed by atoms with E-state index >= 15 is 0 Å². The standard InChI is InChI=1S/C27H31FN2O5/c1-5-7-14-34-21-10-8-17(15-22(21)33-6-2)24-23-25(31)19-16-18(28)9-11-20(19)35-26(23)27(32)30(24)13-12-29(3)4/h8-11,15-16,24H,5-7,12-14H2,1-4H3. The highest BCUT2D eigenvalue weighted by Gasteiger charge is 2.42. The van der Waals surface area contributed by atoms with E-state index in [0.29, 0.717) is 43.4 Å². The fraction of sp³-hybridized carbons (Fsp3) is 0.407. The molecule has 0 aliphatic carbocycles. The van der Waals surface area contributed by atoms with Gasteiger partial charge in [0.05, 0.1) is 30.2 Å². The van der Waals surface area contributed by atoms with Crippen LogP contribution in [-0.2, 0) is 0 Å². The Bertz CT molecular complexity index is 1290. The van der Waals surface area contributed by atoms with Crippen molar-refractivity contribution in [3.63, 3.8) is 0 Å². The number of amides is 1. The molecule has 1 atom stereocenters. The van der Waals surface area contributed by atoms with E-state index in [1.165, 1.54) is 12.1 Å². The van der Waals surface area contributed by atoms with E-state index in [-0.39, 0.29) is 28.2 Å². The lowest BCUT2D eigenvalue weighted by molar-refractivity contribution is 0.0716. The Morgan fingerprint density at radius 3 is 2.57 bits per heavy atom. The van der Waals surface area contributed by atoms with Gasteiger partial charge in [0.2, 0.25) is 5.76 Å². The van der Waals surface area contributed by atoms with E-state index in [2.05, 4.69) is 6.92 Å². The Balaban J connectivity index is 1.86. The molecule has 1 aromatic heterocycles. The van der Waals surface area contributed by atoms with Crippen molar-refractivity contribution in [2.24, 2.45) is 0 Å². The Hall–Kier alpha value is -3.39. The van der Waals surface area contributed by atoms with E-state index in [0.717, 1.165) is 18.9 Å². The second kappa shape index (κ2) is 10.5. The van der Waals surface area contributed by atoms with Gasteiger partial charge in [0, 0.05) is 13.1 Å². The van der Waals surface area contributed by atoms with Gasteiger partial charge in [-0.15, -0.1) is 0 Å². The van der Waals surface area contributed by atoms with Gasteiger partial charge in [-0.2, -0.15) is 0 Å². The molecule has 3 aromatic rings. The molecule has 2 aromatic carbocycles. The van der Waals surface area contributed by atoms with Gasteiger partial charge in [-0.3, -0.25) is 9.59 Å². The average molecular weight is 483 g/mol. The first kappa shape index (κ1) is 24.7. The van der Waals surface area contributed by atoms with Gasteiger partial charge in [0.1, 0.15) is 11.4 Å². The maximum atomic E-state index is 14.0. The maximum absolute atomic E-state index is 14.0. The van der Waals surface area contributed by atoms with Crippen LogP contribution >= 0.6 is 0 Å². The number of likely N-dealkylation sites (N-methyl/N-ethyl adjacent to an activating group) is 1. The molecule has 7 nitrogen and oxygen atoms in total. The Labute approximate surface area is 204 Å². The lowest BCUT2D eigenvalue weighted by Gasteiger charge is -2.27. The molecule has 0 fully saturated rings. The predicted molar refractivity (Wildman–Crippen MR) is 132 cm³/mol. The van der Waals surface area contributed by atoms with Crippen molar-refractivity contribution in [1.82, 2.24) is 9.80 Å². The molecule has 0 bridgehead atoms. The number of benzene rings is 2. The molecule has 4 rings (SSSR count). The zero-order chi connectivity index (χ0) is 25.1. The number of carbonyl (C=O) groups is 1. The molecule has 0 saturated carbocycles. The summed E-state index contributed by atoms with van der Waals surface area (Å²) in [7, 11) is 3.83. The summed E-state index contributed by atoms with van der Waals surface area (Å²) in [6.45, 7) is 5.95. The summed E-state index contributed by atoms with van der Waals surface area (Å²) >= 11 is 0. The molecule has 8 heteroatoms. The molecule has 0 N–H and O–H groups in total. The number of hydrogen-bond acceptors (Lipinski definition) is 6. The van der Waals surface area contributed by atoms with Gasteiger partial charge in [0.25, 0.3) is 5.91 Å². The molecule has 186 valence electrons. The number of nitrogens with zero attached hydrogens (tertiary/aromatic N) is 2. The number of halogens is 1. The first-order chi connectivity index (χ1) is 16.8. The third-order valence-corrected chi connectivity index (χ3v) is 6.05. The number of unbranched alkanes of at least 4 members (excludes halogenated alkanes) is 1. The first-order valence-electron chi connectivity index (χ1n) is 12.0. The van der Waals surface area contributed by atoms with Crippen molar-refractivity contribution in [3.8, 4) is 11.5 Å². The van der Waals surface area contributed by atoms with Gasteiger partial charge in [-0.05, 0) is 63.3 Å². The lowest BCUT2D eigenvalue weighted by atomic mass is 9.98. The predicted octanol–water partition coefficient (Wildman–Crippen LogP) is 4.62. The van der Waals surface area contributed by atoms with Crippen LogP contribution in [0, 0.1) is 5.82 Å². The molecular formula is C27H31FN2O5. The molecule has 1 aliphatic rings. The maximum Gasteiger partial charge on any atom is 0.290 e. The fourth-order valence-electron chi connectivity index (χ4n) is 4.29. The van der Waals surface area contributed by atoms with Crippen LogP contribution in [0.2, 0.25) is 0 Å². The zero-order valence-corrected chi connectivity index (χ0v) is 20.6.